The van der Waals surface area contributed by atoms with E-state index in [1.807, 2.05) is 45.3 Å². The monoisotopic (exact) mass is 644 g/mol. The van der Waals surface area contributed by atoms with Crippen LogP contribution in [0.25, 0.3) is 61.3 Å². The minimum Gasteiger partial charge on any atom is -0.134 e. The molecule has 10 rings (SSSR count). The number of rotatable bonds is 4. The molecule has 1 spiro atoms. The Morgan fingerprint density at radius 3 is 0.733 bits per heavy atom. The fourth-order valence-corrected chi connectivity index (χ4v) is 12.4. The van der Waals surface area contributed by atoms with Gasteiger partial charge in [0.1, 0.15) is 0 Å². The molecule has 0 N–H and O–H groups in total. The van der Waals surface area contributed by atoms with Gasteiger partial charge >= 0.3 is 0 Å². The van der Waals surface area contributed by atoms with Crippen molar-refractivity contribution in [3.8, 4) is 61.3 Å². The van der Waals surface area contributed by atoms with Crippen molar-refractivity contribution in [3.05, 3.63) is 168 Å². The van der Waals surface area contributed by atoms with Gasteiger partial charge in [0.15, 0.2) is 0 Å². The Balaban J connectivity index is 1.30. The summed E-state index contributed by atoms with van der Waals surface area (Å²) >= 11 is 7.84. The van der Waals surface area contributed by atoms with E-state index in [0.29, 0.717) is 0 Å². The number of hydrogen-bond donors (Lipinski definition) is 0. The number of hydrogen-bond acceptors (Lipinski definition) is 4. The van der Waals surface area contributed by atoms with Gasteiger partial charge in [0.2, 0.25) is 0 Å². The van der Waals surface area contributed by atoms with Gasteiger partial charge < -0.3 is 0 Å². The molecule has 0 radical (unpaired) electrons. The molecule has 0 fully saturated rings. The Morgan fingerprint density at radius 2 is 0.511 bits per heavy atom. The molecule has 212 valence electrons. The summed E-state index contributed by atoms with van der Waals surface area (Å²) in [5.41, 5.74) is 10.6. The molecule has 2 aliphatic carbocycles. The Labute approximate surface area is 278 Å². The average molecular weight is 645 g/mol. The first-order valence-electron chi connectivity index (χ1n) is 15.1. The second-order valence-electron chi connectivity index (χ2n) is 11.6. The maximum absolute atomic E-state index is 2.52. The fourth-order valence-electron chi connectivity index (χ4n) is 7.20. The van der Waals surface area contributed by atoms with Crippen molar-refractivity contribution in [3.63, 3.8) is 0 Å². The molecular formula is C41H24S4. The third-order valence-corrected chi connectivity index (χ3v) is 14.3. The van der Waals surface area contributed by atoms with E-state index in [9.17, 15) is 0 Å². The first-order valence-corrected chi connectivity index (χ1v) is 18.4. The van der Waals surface area contributed by atoms with Gasteiger partial charge in [-0.25, -0.2) is 0 Å². The lowest BCUT2D eigenvalue weighted by molar-refractivity contribution is 0.803. The first kappa shape index (κ1) is 26.0. The van der Waals surface area contributed by atoms with Crippen LogP contribution in [0, 0.1) is 0 Å². The lowest BCUT2D eigenvalue weighted by Crippen LogP contribution is -2.24. The molecule has 0 nitrogen and oxygen atoms in total. The highest BCUT2D eigenvalue weighted by Crippen LogP contribution is 2.70. The van der Waals surface area contributed by atoms with E-state index < -0.39 is 0 Å². The van der Waals surface area contributed by atoms with Crippen LogP contribution >= 0.6 is 45.3 Å². The van der Waals surface area contributed by atoms with E-state index in [4.69, 9.17) is 0 Å². The maximum Gasteiger partial charge on any atom is 0.0760 e. The molecule has 4 aromatic heterocycles. The van der Waals surface area contributed by atoms with Gasteiger partial charge in [-0.1, -0.05) is 121 Å². The SMILES string of the molecule is c1ccc(-c2cc3c(s2)-c2sc(-c4ccccc4)cc2C32c3cc(-c4ccccc4)sc3-c3sc(-c4ccccc4)cc32)cc1. The van der Waals surface area contributed by atoms with E-state index in [1.54, 1.807) is 0 Å². The lowest BCUT2D eigenvalue weighted by atomic mass is 9.72. The van der Waals surface area contributed by atoms with E-state index in [2.05, 4.69) is 146 Å². The van der Waals surface area contributed by atoms with Crippen molar-refractivity contribution in [2.24, 2.45) is 0 Å². The Morgan fingerprint density at radius 1 is 0.289 bits per heavy atom. The zero-order valence-electron chi connectivity index (χ0n) is 24.0. The Kier molecular flexibility index (Phi) is 5.67. The van der Waals surface area contributed by atoms with Crippen LogP contribution in [0.15, 0.2) is 146 Å². The molecule has 2 aliphatic rings. The van der Waals surface area contributed by atoms with Crippen LogP contribution in [-0.2, 0) is 5.41 Å². The van der Waals surface area contributed by atoms with Crippen LogP contribution in [0.2, 0.25) is 0 Å². The minimum absolute atomic E-state index is 0.338. The molecule has 8 aromatic rings. The third-order valence-electron chi connectivity index (χ3n) is 9.19. The summed E-state index contributed by atoms with van der Waals surface area (Å²) in [5.74, 6) is 0. The molecule has 0 atom stereocenters. The highest BCUT2D eigenvalue weighted by atomic mass is 32.1. The number of benzene rings is 4. The molecule has 0 saturated carbocycles. The molecule has 45 heavy (non-hydrogen) atoms. The van der Waals surface area contributed by atoms with Gasteiger partial charge in [-0.2, -0.15) is 0 Å². The smallest absolute Gasteiger partial charge is 0.0760 e. The highest BCUT2D eigenvalue weighted by molar-refractivity contribution is 7.27. The van der Waals surface area contributed by atoms with Gasteiger partial charge in [-0.05, 0) is 68.8 Å². The summed E-state index contributed by atoms with van der Waals surface area (Å²) in [5, 5.41) is 0. The van der Waals surface area contributed by atoms with Crippen molar-refractivity contribution in [2.45, 2.75) is 5.41 Å². The predicted octanol–water partition coefficient (Wildman–Crippen LogP) is 12.9. The molecule has 4 heteroatoms. The van der Waals surface area contributed by atoms with Crippen molar-refractivity contribution >= 4 is 45.3 Å². The summed E-state index contributed by atoms with van der Waals surface area (Å²) in [4.78, 5) is 11.1. The zero-order valence-corrected chi connectivity index (χ0v) is 27.3. The molecular weight excluding hydrogens is 621 g/mol. The van der Waals surface area contributed by atoms with Crippen LogP contribution in [-0.4, -0.2) is 0 Å². The summed E-state index contributed by atoms with van der Waals surface area (Å²) in [6, 6.07) is 53.7. The topological polar surface area (TPSA) is 0 Å². The molecule has 0 aliphatic heterocycles. The van der Waals surface area contributed by atoms with Crippen LogP contribution in [0.3, 0.4) is 0 Å². The van der Waals surface area contributed by atoms with Gasteiger partial charge in [-0.3, -0.25) is 0 Å². The van der Waals surface area contributed by atoms with E-state index in [1.165, 1.54) is 83.5 Å². The lowest BCUT2D eigenvalue weighted by Gasteiger charge is -2.27. The van der Waals surface area contributed by atoms with E-state index >= 15 is 0 Å². The fraction of sp³-hybridized carbons (Fsp3) is 0.0244. The van der Waals surface area contributed by atoms with Gasteiger partial charge in [0.25, 0.3) is 0 Å². The van der Waals surface area contributed by atoms with Crippen molar-refractivity contribution < 1.29 is 0 Å². The second-order valence-corrected chi connectivity index (χ2v) is 15.8. The summed E-state index contributed by atoms with van der Waals surface area (Å²) in [6.45, 7) is 0. The van der Waals surface area contributed by atoms with Crippen LogP contribution < -0.4 is 0 Å². The quantitative estimate of drug-likeness (QED) is 0.179. The Bertz CT molecular complexity index is 2010. The Hall–Kier alpha value is -4.32. The standard InChI is InChI=1S/C41H24S4/c1-5-13-25(14-6-1)33-21-29-37(42-33)38-30(22-34(43-38)26-15-7-2-8-16-26)41(29)31-23-35(27-17-9-3-10-18-27)44-39(31)40-32(41)24-36(45-40)28-19-11-4-12-20-28/h1-24H. The molecule has 0 amide bonds. The van der Waals surface area contributed by atoms with E-state index in [0.717, 1.165) is 0 Å². The van der Waals surface area contributed by atoms with Gasteiger partial charge in [0.05, 0.1) is 24.9 Å². The number of fused-ring (bicyclic) bond motifs is 10. The third kappa shape index (κ3) is 3.68. The first-order chi connectivity index (χ1) is 22.3. The largest absolute Gasteiger partial charge is 0.134 e. The minimum atomic E-state index is -0.338. The normalized spacial score (nSPS) is 13.5. The van der Waals surface area contributed by atoms with Crippen LogP contribution in [0.5, 0.6) is 0 Å². The van der Waals surface area contributed by atoms with Crippen LogP contribution in [0.1, 0.15) is 22.3 Å². The highest BCUT2D eigenvalue weighted by Gasteiger charge is 2.55. The summed E-state index contributed by atoms with van der Waals surface area (Å²) in [6.07, 6.45) is 0. The van der Waals surface area contributed by atoms with Crippen LogP contribution in [0.4, 0.5) is 0 Å². The number of thiophene rings is 4. The molecule has 4 heterocycles. The van der Waals surface area contributed by atoms with Crippen molar-refractivity contribution in [1.29, 1.82) is 0 Å². The molecule has 0 unspecified atom stereocenters. The van der Waals surface area contributed by atoms with Gasteiger partial charge in [-0.15, -0.1) is 45.3 Å². The molecule has 0 saturated heterocycles. The molecule has 0 bridgehead atoms. The summed E-state index contributed by atoms with van der Waals surface area (Å²) < 4.78 is 0. The maximum atomic E-state index is 2.52. The summed E-state index contributed by atoms with van der Waals surface area (Å²) in [7, 11) is 0. The average Bonchev–Trinajstić information content (AvgIpc) is 3.94. The molecule has 4 aromatic carbocycles. The zero-order chi connectivity index (χ0) is 29.5. The van der Waals surface area contributed by atoms with Crippen molar-refractivity contribution in [2.75, 3.05) is 0 Å². The van der Waals surface area contributed by atoms with Gasteiger partial charge in [0, 0.05) is 19.5 Å². The second kappa shape index (κ2) is 9.84. The van der Waals surface area contributed by atoms with E-state index in [-0.39, 0.29) is 5.41 Å². The predicted molar refractivity (Wildman–Crippen MR) is 196 cm³/mol. The van der Waals surface area contributed by atoms with Crippen molar-refractivity contribution in [1.82, 2.24) is 0 Å².